The van der Waals surface area contributed by atoms with Crippen LogP contribution in [0.25, 0.3) is 0 Å². The maximum Gasteiger partial charge on any atom is 0.490 e. The Morgan fingerprint density at radius 3 is 2.56 bits per heavy atom. The molecule has 0 aliphatic carbocycles. The van der Waals surface area contributed by atoms with E-state index in [1.54, 1.807) is 0 Å². The van der Waals surface area contributed by atoms with Gasteiger partial charge in [-0.05, 0) is 44.4 Å². The number of benzene rings is 1. The van der Waals surface area contributed by atoms with Gasteiger partial charge in [0.1, 0.15) is 6.04 Å². The zero-order chi connectivity index (χ0) is 26.5. The van der Waals surface area contributed by atoms with Crippen LogP contribution < -0.4 is 16.4 Å². The smallest absolute Gasteiger partial charge is 0.446 e. The highest BCUT2D eigenvalue weighted by Gasteiger charge is 2.44. The summed E-state index contributed by atoms with van der Waals surface area (Å²) in [5, 5.41) is 4.67. The van der Waals surface area contributed by atoms with Crippen LogP contribution in [0.2, 0.25) is 0 Å². The Morgan fingerprint density at radius 2 is 1.89 bits per heavy atom. The lowest BCUT2D eigenvalue weighted by molar-refractivity contribution is -0.205. The Morgan fingerprint density at radius 1 is 1.17 bits per heavy atom. The number of carbonyl (C=O) groups excluding carboxylic acids is 5. The molecule has 3 rings (SSSR count). The SMILES string of the molecule is NCCCCCCC(OC(=O)C(F)(F)F)C(=O)Nc1cccc2c1CN(C1CCC(=O)NC1=O)C2=O. The van der Waals surface area contributed by atoms with E-state index in [2.05, 4.69) is 15.4 Å². The summed E-state index contributed by atoms with van der Waals surface area (Å²) in [5.74, 6) is -4.95. The van der Waals surface area contributed by atoms with Gasteiger partial charge in [0.2, 0.25) is 11.8 Å². The number of hydrogen-bond donors (Lipinski definition) is 3. The first-order valence-electron chi connectivity index (χ1n) is 11.6. The van der Waals surface area contributed by atoms with Gasteiger partial charge in [-0.1, -0.05) is 18.9 Å². The van der Waals surface area contributed by atoms with E-state index in [0.29, 0.717) is 37.8 Å². The summed E-state index contributed by atoms with van der Waals surface area (Å²) >= 11 is 0. The minimum atomic E-state index is -5.26. The van der Waals surface area contributed by atoms with Crippen LogP contribution in [0, 0.1) is 0 Å². The number of carbonyl (C=O) groups is 5. The van der Waals surface area contributed by atoms with Crippen LogP contribution in [0.15, 0.2) is 18.2 Å². The average molecular weight is 512 g/mol. The van der Waals surface area contributed by atoms with Crippen LogP contribution in [-0.4, -0.2) is 59.4 Å². The van der Waals surface area contributed by atoms with E-state index in [1.165, 1.54) is 23.1 Å². The lowest BCUT2D eigenvalue weighted by Gasteiger charge is -2.29. The van der Waals surface area contributed by atoms with Gasteiger partial charge in [-0.2, -0.15) is 13.2 Å². The number of ether oxygens (including phenoxy) is 1. The number of fused-ring (bicyclic) bond motifs is 1. The lowest BCUT2D eigenvalue weighted by atomic mass is 10.0. The van der Waals surface area contributed by atoms with E-state index in [1.807, 2.05) is 0 Å². The van der Waals surface area contributed by atoms with E-state index in [4.69, 9.17) is 5.73 Å². The average Bonchev–Trinajstić information content (AvgIpc) is 3.14. The van der Waals surface area contributed by atoms with Crippen molar-refractivity contribution >= 4 is 35.3 Å². The molecule has 2 atom stereocenters. The second-order valence-electron chi connectivity index (χ2n) is 8.60. The summed E-state index contributed by atoms with van der Waals surface area (Å²) in [7, 11) is 0. The molecule has 0 spiro atoms. The van der Waals surface area contributed by atoms with Gasteiger partial charge in [-0.3, -0.25) is 24.5 Å². The molecule has 196 valence electrons. The molecule has 0 saturated carbocycles. The van der Waals surface area contributed by atoms with Crippen LogP contribution in [-0.2, 0) is 30.5 Å². The van der Waals surface area contributed by atoms with Crippen LogP contribution in [0.1, 0.15) is 60.9 Å². The molecule has 1 aromatic rings. The van der Waals surface area contributed by atoms with Crippen molar-refractivity contribution in [1.29, 1.82) is 0 Å². The van der Waals surface area contributed by atoms with Gasteiger partial charge in [0, 0.05) is 29.8 Å². The van der Waals surface area contributed by atoms with Gasteiger partial charge in [0.15, 0.2) is 6.10 Å². The van der Waals surface area contributed by atoms with E-state index >= 15 is 0 Å². The molecular weight excluding hydrogens is 485 g/mol. The second-order valence-corrected chi connectivity index (χ2v) is 8.60. The molecule has 0 radical (unpaired) electrons. The molecule has 36 heavy (non-hydrogen) atoms. The van der Waals surface area contributed by atoms with Crippen LogP contribution >= 0.6 is 0 Å². The number of hydrogen-bond acceptors (Lipinski definition) is 7. The van der Waals surface area contributed by atoms with E-state index < -0.39 is 47.9 Å². The fourth-order valence-corrected chi connectivity index (χ4v) is 4.18. The quantitative estimate of drug-likeness (QED) is 0.246. The highest BCUT2D eigenvalue weighted by atomic mass is 19.4. The fourth-order valence-electron chi connectivity index (χ4n) is 4.18. The Labute approximate surface area is 204 Å². The van der Waals surface area contributed by atoms with Crippen LogP contribution in [0.5, 0.6) is 0 Å². The Kier molecular flexibility index (Phi) is 8.66. The van der Waals surface area contributed by atoms with Crippen molar-refractivity contribution in [3.05, 3.63) is 29.3 Å². The third-order valence-corrected chi connectivity index (χ3v) is 6.03. The molecule has 4 N–H and O–H groups in total. The van der Waals surface area contributed by atoms with Gasteiger partial charge in [0.05, 0.1) is 0 Å². The molecule has 2 heterocycles. The van der Waals surface area contributed by atoms with Crippen molar-refractivity contribution in [2.45, 2.75) is 69.8 Å². The number of nitrogens with two attached hydrogens (primary N) is 1. The fraction of sp³-hybridized carbons (Fsp3) is 0.522. The van der Waals surface area contributed by atoms with Crippen molar-refractivity contribution in [2.75, 3.05) is 11.9 Å². The van der Waals surface area contributed by atoms with Gasteiger partial charge in [0.25, 0.3) is 11.8 Å². The number of nitrogens with zero attached hydrogens (tertiary/aromatic N) is 1. The first-order valence-corrected chi connectivity index (χ1v) is 11.6. The molecule has 0 aromatic heterocycles. The number of nitrogens with one attached hydrogen (secondary N) is 2. The number of halogens is 3. The molecule has 1 saturated heterocycles. The van der Waals surface area contributed by atoms with Gasteiger partial charge in [-0.15, -0.1) is 0 Å². The first-order chi connectivity index (χ1) is 17.0. The van der Waals surface area contributed by atoms with Crippen molar-refractivity contribution < 1.29 is 41.9 Å². The molecule has 2 aliphatic rings. The number of rotatable bonds is 10. The summed E-state index contributed by atoms with van der Waals surface area (Å²) < 4.78 is 42.8. The first kappa shape index (κ1) is 27.1. The molecular formula is C23H27F3N4O6. The van der Waals surface area contributed by atoms with E-state index in [0.717, 1.165) is 0 Å². The number of alkyl halides is 3. The highest BCUT2D eigenvalue weighted by Crippen LogP contribution is 2.32. The predicted molar refractivity (Wildman–Crippen MR) is 119 cm³/mol. The van der Waals surface area contributed by atoms with E-state index in [-0.39, 0.29) is 37.1 Å². The number of esters is 1. The van der Waals surface area contributed by atoms with E-state index in [9.17, 15) is 37.1 Å². The minimum absolute atomic E-state index is 0.0526. The third kappa shape index (κ3) is 6.39. The number of anilines is 1. The summed E-state index contributed by atoms with van der Waals surface area (Å²) in [6.45, 7) is 0.406. The lowest BCUT2D eigenvalue weighted by Crippen LogP contribution is -2.52. The standard InChI is InChI=1S/C23H27F3N4O6/c24-23(25,26)22(35)36-17(8-3-1-2-4-11-27)20(33)28-15-7-5-6-13-14(15)12-30(21(13)34)16-9-10-18(31)29-19(16)32/h5-7,16-17H,1-4,8-12,27H2,(H,28,33)(H,29,31,32). The summed E-state index contributed by atoms with van der Waals surface area (Å²) in [6, 6.07) is 3.56. The van der Waals surface area contributed by atoms with Gasteiger partial charge in [-0.25, -0.2) is 4.79 Å². The largest absolute Gasteiger partial charge is 0.490 e. The number of amides is 4. The normalized spacial score (nSPS) is 18.5. The zero-order valence-corrected chi connectivity index (χ0v) is 19.4. The Hall–Kier alpha value is -3.48. The van der Waals surface area contributed by atoms with Crippen molar-refractivity contribution in [3.8, 4) is 0 Å². The molecule has 4 amide bonds. The Bertz CT molecular complexity index is 1050. The van der Waals surface area contributed by atoms with Crippen molar-refractivity contribution in [3.63, 3.8) is 0 Å². The molecule has 2 aliphatic heterocycles. The molecule has 1 aromatic carbocycles. The third-order valence-electron chi connectivity index (χ3n) is 6.03. The summed E-state index contributed by atoms with van der Waals surface area (Å²) in [5.41, 5.74) is 6.15. The minimum Gasteiger partial charge on any atom is -0.446 e. The molecule has 13 heteroatoms. The summed E-state index contributed by atoms with van der Waals surface area (Å²) in [4.78, 5) is 62.2. The predicted octanol–water partition coefficient (Wildman–Crippen LogP) is 1.77. The number of piperidine rings is 1. The number of imide groups is 1. The zero-order valence-electron chi connectivity index (χ0n) is 19.4. The molecule has 10 nitrogen and oxygen atoms in total. The maximum atomic E-state index is 12.9. The second kappa shape index (κ2) is 11.5. The maximum absolute atomic E-state index is 12.9. The van der Waals surface area contributed by atoms with Crippen molar-refractivity contribution in [1.82, 2.24) is 10.2 Å². The van der Waals surface area contributed by atoms with Gasteiger partial charge < -0.3 is 20.7 Å². The number of unbranched alkanes of at least 4 members (excludes halogenated alkanes) is 3. The van der Waals surface area contributed by atoms with Crippen molar-refractivity contribution in [2.24, 2.45) is 5.73 Å². The molecule has 1 fully saturated rings. The molecule has 2 unspecified atom stereocenters. The topological polar surface area (TPSA) is 148 Å². The van der Waals surface area contributed by atoms with Gasteiger partial charge >= 0.3 is 12.1 Å². The summed E-state index contributed by atoms with van der Waals surface area (Å²) in [6.07, 6.45) is -4.54. The Balaban J connectivity index is 1.74. The molecule has 0 bridgehead atoms. The van der Waals surface area contributed by atoms with Crippen LogP contribution in [0.3, 0.4) is 0 Å². The monoisotopic (exact) mass is 512 g/mol. The highest BCUT2D eigenvalue weighted by molar-refractivity contribution is 6.07. The van der Waals surface area contributed by atoms with Crippen LogP contribution in [0.4, 0.5) is 18.9 Å².